The molecule has 100 valence electrons. The summed E-state index contributed by atoms with van der Waals surface area (Å²) in [7, 11) is 3.40. The van der Waals surface area contributed by atoms with Gasteiger partial charge in [0, 0.05) is 31.2 Å². The molecule has 0 fully saturated rings. The fourth-order valence-corrected chi connectivity index (χ4v) is 2.31. The molecular formula is C14H21NO3. The molecule has 2 atom stereocenters. The van der Waals surface area contributed by atoms with Crippen LogP contribution in [-0.4, -0.2) is 33.5 Å². The standard InChI is InChI=1S/C14H21NO3/c1-10(9-16-2)15-13-6-7-18-14-5-4-11(17-3)8-12(13)14/h4-5,8,10,13,15H,6-7,9H2,1-3H3. The number of nitrogens with one attached hydrogen (secondary N) is 1. The molecule has 0 radical (unpaired) electrons. The Kier molecular flexibility index (Phi) is 4.44. The first kappa shape index (κ1) is 13.2. The van der Waals surface area contributed by atoms with E-state index in [1.54, 1.807) is 14.2 Å². The second-order valence-corrected chi connectivity index (χ2v) is 4.62. The van der Waals surface area contributed by atoms with Crippen molar-refractivity contribution in [2.24, 2.45) is 0 Å². The molecule has 1 aliphatic heterocycles. The zero-order valence-corrected chi connectivity index (χ0v) is 11.2. The average molecular weight is 251 g/mol. The van der Waals surface area contributed by atoms with Gasteiger partial charge in [0.15, 0.2) is 0 Å². The van der Waals surface area contributed by atoms with E-state index in [4.69, 9.17) is 14.2 Å². The van der Waals surface area contributed by atoms with Crippen LogP contribution in [-0.2, 0) is 4.74 Å². The molecule has 18 heavy (non-hydrogen) atoms. The Hall–Kier alpha value is -1.26. The molecule has 0 saturated heterocycles. The van der Waals surface area contributed by atoms with E-state index < -0.39 is 0 Å². The molecule has 1 heterocycles. The average Bonchev–Trinajstić information content (AvgIpc) is 2.39. The van der Waals surface area contributed by atoms with Crippen molar-refractivity contribution < 1.29 is 14.2 Å². The Morgan fingerprint density at radius 2 is 2.28 bits per heavy atom. The summed E-state index contributed by atoms with van der Waals surface area (Å²) in [5.41, 5.74) is 1.17. The van der Waals surface area contributed by atoms with Gasteiger partial charge in [-0.1, -0.05) is 0 Å². The van der Waals surface area contributed by atoms with Gasteiger partial charge in [0.05, 0.1) is 20.3 Å². The Morgan fingerprint density at radius 1 is 1.44 bits per heavy atom. The lowest BCUT2D eigenvalue weighted by molar-refractivity contribution is 0.158. The summed E-state index contributed by atoms with van der Waals surface area (Å²) in [6.07, 6.45) is 0.966. The largest absolute Gasteiger partial charge is 0.497 e. The van der Waals surface area contributed by atoms with Gasteiger partial charge in [-0.25, -0.2) is 0 Å². The zero-order chi connectivity index (χ0) is 13.0. The molecule has 0 aliphatic carbocycles. The second-order valence-electron chi connectivity index (χ2n) is 4.62. The van der Waals surface area contributed by atoms with Gasteiger partial charge in [-0.05, 0) is 25.1 Å². The molecule has 0 saturated carbocycles. The minimum absolute atomic E-state index is 0.300. The number of methoxy groups -OCH3 is 2. The summed E-state index contributed by atoms with van der Waals surface area (Å²) in [6, 6.07) is 6.57. The highest BCUT2D eigenvalue weighted by atomic mass is 16.5. The van der Waals surface area contributed by atoms with Gasteiger partial charge in [0.25, 0.3) is 0 Å². The maximum Gasteiger partial charge on any atom is 0.124 e. The first-order chi connectivity index (χ1) is 8.74. The molecule has 1 aromatic rings. The topological polar surface area (TPSA) is 39.7 Å². The first-order valence-corrected chi connectivity index (χ1v) is 6.30. The lowest BCUT2D eigenvalue weighted by Crippen LogP contribution is -2.36. The zero-order valence-electron chi connectivity index (χ0n) is 11.2. The maximum absolute atomic E-state index is 5.67. The molecule has 1 aliphatic rings. The molecule has 4 heteroatoms. The number of hydrogen-bond acceptors (Lipinski definition) is 4. The predicted octanol–water partition coefficient (Wildman–Crippen LogP) is 2.14. The van der Waals surface area contributed by atoms with Crippen LogP contribution in [0.25, 0.3) is 0 Å². The first-order valence-electron chi connectivity index (χ1n) is 6.30. The summed E-state index contributed by atoms with van der Waals surface area (Å²) < 4.78 is 16.1. The van der Waals surface area contributed by atoms with E-state index in [9.17, 15) is 0 Å². The van der Waals surface area contributed by atoms with Crippen molar-refractivity contribution in [1.82, 2.24) is 5.32 Å². The van der Waals surface area contributed by atoms with Gasteiger partial charge < -0.3 is 19.5 Å². The lowest BCUT2D eigenvalue weighted by Gasteiger charge is -2.29. The van der Waals surface area contributed by atoms with Crippen LogP contribution in [0.3, 0.4) is 0 Å². The van der Waals surface area contributed by atoms with Crippen molar-refractivity contribution in [2.75, 3.05) is 27.4 Å². The summed E-state index contributed by atoms with van der Waals surface area (Å²) >= 11 is 0. The van der Waals surface area contributed by atoms with Crippen molar-refractivity contribution >= 4 is 0 Å². The van der Waals surface area contributed by atoms with E-state index in [-0.39, 0.29) is 0 Å². The van der Waals surface area contributed by atoms with Crippen molar-refractivity contribution in [3.8, 4) is 11.5 Å². The van der Waals surface area contributed by atoms with Gasteiger partial charge in [-0.3, -0.25) is 0 Å². The molecule has 0 bridgehead atoms. The van der Waals surface area contributed by atoms with Crippen molar-refractivity contribution in [3.05, 3.63) is 23.8 Å². The number of hydrogen-bond donors (Lipinski definition) is 1. The van der Waals surface area contributed by atoms with Crippen LogP contribution < -0.4 is 14.8 Å². The molecule has 0 spiro atoms. The summed E-state index contributed by atoms with van der Waals surface area (Å²) in [5, 5.41) is 3.57. The van der Waals surface area contributed by atoms with Gasteiger partial charge in [-0.2, -0.15) is 0 Å². The highest BCUT2D eigenvalue weighted by Crippen LogP contribution is 2.34. The van der Waals surface area contributed by atoms with Crippen LogP contribution in [0.2, 0.25) is 0 Å². The Balaban J connectivity index is 2.15. The van der Waals surface area contributed by atoms with Crippen LogP contribution in [0.4, 0.5) is 0 Å². The third-order valence-corrected chi connectivity index (χ3v) is 3.16. The normalized spacial score (nSPS) is 19.8. The van der Waals surface area contributed by atoms with E-state index in [1.807, 2.05) is 18.2 Å². The van der Waals surface area contributed by atoms with Gasteiger partial charge in [-0.15, -0.1) is 0 Å². The maximum atomic E-state index is 5.67. The molecule has 0 aromatic heterocycles. The lowest BCUT2D eigenvalue weighted by atomic mass is 9.99. The van der Waals surface area contributed by atoms with E-state index in [1.165, 1.54) is 5.56 Å². The third-order valence-electron chi connectivity index (χ3n) is 3.16. The monoisotopic (exact) mass is 251 g/mol. The van der Waals surface area contributed by atoms with Crippen LogP contribution >= 0.6 is 0 Å². The highest BCUT2D eigenvalue weighted by Gasteiger charge is 2.23. The molecule has 1 aromatic carbocycles. The minimum atomic E-state index is 0.300. The highest BCUT2D eigenvalue weighted by molar-refractivity contribution is 5.43. The van der Waals surface area contributed by atoms with E-state index in [0.29, 0.717) is 18.7 Å². The van der Waals surface area contributed by atoms with Crippen LogP contribution in [0.5, 0.6) is 11.5 Å². The molecule has 0 amide bonds. The smallest absolute Gasteiger partial charge is 0.124 e. The quantitative estimate of drug-likeness (QED) is 0.870. The SMILES string of the molecule is COCC(C)NC1CCOc2ccc(OC)cc21. The molecular weight excluding hydrogens is 230 g/mol. The molecule has 4 nitrogen and oxygen atoms in total. The van der Waals surface area contributed by atoms with Crippen molar-refractivity contribution in [3.63, 3.8) is 0 Å². The fraction of sp³-hybridized carbons (Fsp3) is 0.571. The molecule has 1 N–H and O–H groups in total. The van der Waals surface area contributed by atoms with Crippen molar-refractivity contribution in [2.45, 2.75) is 25.4 Å². The van der Waals surface area contributed by atoms with Crippen LogP contribution in [0, 0.1) is 0 Å². The Labute approximate surface area is 108 Å². The van der Waals surface area contributed by atoms with Crippen LogP contribution in [0.1, 0.15) is 24.9 Å². The van der Waals surface area contributed by atoms with Crippen molar-refractivity contribution in [1.29, 1.82) is 0 Å². The summed E-state index contributed by atoms with van der Waals surface area (Å²) in [6.45, 7) is 3.58. The van der Waals surface area contributed by atoms with E-state index in [2.05, 4.69) is 12.2 Å². The predicted molar refractivity (Wildman–Crippen MR) is 70.3 cm³/mol. The Bertz CT molecular complexity index is 395. The molecule has 2 unspecified atom stereocenters. The number of rotatable bonds is 5. The summed E-state index contributed by atoms with van der Waals surface area (Å²) in [4.78, 5) is 0. The molecule has 2 rings (SSSR count). The number of ether oxygens (including phenoxy) is 3. The Morgan fingerprint density at radius 3 is 3.00 bits per heavy atom. The van der Waals surface area contributed by atoms with Gasteiger partial charge in [0.2, 0.25) is 0 Å². The number of benzene rings is 1. The minimum Gasteiger partial charge on any atom is -0.497 e. The van der Waals surface area contributed by atoms with E-state index in [0.717, 1.165) is 24.5 Å². The number of fused-ring (bicyclic) bond motifs is 1. The van der Waals surface area contributed by atoms with Gasteiger partial charge >= 0.3 is 0 Å². The van der Waals surface area contributed by atoms with E-state index >= 15 is 0 Å². The fourth-order valence-electron chi connectivity index (χ4n) is 2.31. The summed E-state index contributed by atoms with van der Waals surface area (Å²) in [5.74, 6) is 1.81. The third kappa shape index (κ3) is 2.94. The van der Waals surface area contributed by atoms with Crippen LogP contribution in [0.15, 0.2) is 18.2 Å². The van der Waals surface area contributed by atoms with Gasteiger partial charge in [0.1, 0.15) is 11.5 Å². The second kappa shape index (κ2) is 6.07.